The van der Waals surface area contributed by atoms with E-state index in [9.17, 15) is 20.0 Å². The number of hydrogen-bond acceptors (Lipinski definition) is 4. The number of amides is 1. The minimum absolute atomic E-state index is 0.0820. The predicted octanol–water partition coefficient (Wildman–Crippen LogP) is 3.32. The van der Waals surface area contributed by atoms with Crippen LogP contribution in [-0.2, 0) is 0 Å². The molecule has 2 aromatic rings. The van der Waals surface area contributed by atoms with Crippen LogP contribution >= 0.6 is 15.9 Å². The number of rotatable bonds is 3. The Labute approximate surface area is 122 Å². The molecule has 0 radical (unpaired) electrons. The highest BCUT2D eigenvalue weighted by Gasteiger charge is 2.21. The van der Waals surface area contributed by atoms with Gasteiger partial charge in [-0.3, -0.25) is 14.9 Å². The Bertz CT molecular complexity index is 688. The lowest BCUT2D eigenvalue weighted by Crippen LogP contribution is -2.14. The van der Waals surface area contributed by atoms with Crippen LogP contribution in [0.4, 0.5) is 11.4 Å². The molecule has 6 nitrogen and oxygen atoms in total. The van der Waals surface area contributed by atoms with Gasteiger partial charge < -0.3 is 10.4 Å². The summed E-state index contributed by atoms with van der Waals surface area (Å²) in [6, 6.07) is 10.3. The Balaban J connectivity index is 2.35. The highest BCUT2D eigenvalue weighted by Crippen LogP contribution is 2.26. The standard InChI is InChI=1S/C13H9BrN2O4/c14-8-5-6-9(11(7-8)16(19)20)13(18)15-10-3-1-2-4-12(10)17/h1-7,17H,(H,15,18). The number of anilines is 1. The van der Waals surface area contributed by atoms with Gasteiger partial charge in [0, 0.05) is 10.5 Å². The summed E-state index contributed by atoms with van der Waals surface area (Å²) in [6.07, 6.45) is 0. The van der Waals surface area contributed by atoms with Gasteiger partial charge in [-0.2, -0.15) is 0 Å². The van der Waals surface area contributed by atoms with Gasteiger partial charge in [-0.05, 0) is 24.3 Å². The van der Waals surface area contributed by atoms with Gasteiger partial charge in [0.2, 0.25) is 0 Å². The molecule has 2 aromatic carbocycles. The first-order valence-electron chi connectivity index (χ1n) is 5.52. The molecule has 0 atom stereocenters. The molecule has 0 heterocycles. The number of aromatic hydroxyl groups is 1. The summed E-state index contributed by atoms with van der Waals surface area (Å²) in [5, 5.41) is 23.0. The summed E-state index contributed by atoms with van der Waals surface area (Å²) in [5.74, 6) is -0.772. The molecule has 0 aromatic heterocycles. The van der Waals surface area contributed by atoms with E-state index in [4.69, 9.17) is 0 Å². The van der Waals surface area contributed by atoms with Gasteiger partial charge in [0.1, 0.15) is 11.3 Å². The molecule has 0 bridgehead atoms. The fourth-order valence-corrected chi connectivity index (χ4v) is 1.97. The van der Waals surface area contributed by atoms with E-state index in [-0.39, 0.29) is 22.7 Å². The van der Waals surface area contributed by atoms with E-state index in [1.807, 2.05) is 0 Å². The summed E-state index contributed by atoms with van der Waals surface area (Å²) < 4.78 is 0.503. The van der Waals surface area contributed by atoms with Crippen LogP contribution in [0.5, 0.6) is 5.75 Å². The molecule has 2 rings (SSSR count). The highest BCUT2D eigenvalue weighted by molar-refractivity contribution is 9.10. The van der Waals surface area contributed by atoms with E-state index in [1.54, 1.807) is 12.1 Å². The van der Waals surface area contributed by atoms with Crippen LogP contribution in [0, 0.1) is 10.1 Å². The summed E-state index contributed by atoms with van der Waals surface area (Å²) in [6.45, 7) is 0. The quantitative estimate of drug-likeness (QED) is 0.510. The van der Waals surface area contributed by atoms with E-state index in [0.717, 1.165) is 0 Å². The zero-order valence-electron chi connectivity index (χ0n) is 10.0. The van der Waals surface area contributed by atoms with Crippen LogP contribution in [0.3, 0.4) is 0 Å². The van der Waals surface area contributed by atoms with E-state index >= 15 is 0 Å². The fraction of sp³-hybridized carbons (Fsp3) is 0. The Kier molecular flexibility index (Phi) is 3.99. The summed E-state index contributed by atoms with van der Waals surface area (Å²) in [7, 11) is 0. The first-order valence-corrected chi connectivity index (χ1v) is 6.31. The van der Waals surface area contributed by atoms with Crippen LogP contribution in [0.25, 0.3) is 0 Å². The number of benzene rings is 2. The second kappa shape index (κ2) is 5.70. The fourth-order valence-electron chi connectivity index (χ4n) is 1.62. The normalized spacial score (nSPS) is 10.1. The molecule has 7 heteroatoms. The largest absolute Gasteiger partial charge is 0.506 e. The number of nitro groups is 1. The topological polar surface area (TPSA) is 92.5 Å². The molecule has 20 heavy (non-hydrogen) atoms. The Hall–Kier alpha value is -2.41. The van der Waals surface area contributed by atoms with Gasteiger partial charge in [0.25, 0.3) is 11.6 Å². The average Bonchev–Trinajstić information content (AvgIpc) is 2.41. The second-order valence-electron chi connectivity index (χ2n) is 3.89. The smallest absolute Gasteiger partial charge is 0.283 e. The monoisotopic (exact) mass is 336 g/mol. The van der Waals surface area contributed by atoms with E-state index in [2.05, 4.69) is 21.2 Å². The number of nitro benzene ring substituents is 1. The Morgan fingerprint density at radius 3 is 2.60 bits per heavy atom. The Morgan fingerprint density at radius 1 is 1.25 bits per heavy atom. The maximum absolute atomic E-state index is 12.1. The van der Waals surface area contributed by atoms with Crippen LogP contribution < -0.4 is 5.32 Å². The maximum atomic E-state index is 12.1. The third-order valence-corrected chi connectivity index (χ3v) is 3.05. The molecule has 0 saturated heterocycles. The molecule has 2 N–H and O–H groups in total. The van der Waals surface area contributed by atoms with Crippen LogP contribution in [0.1, 0.15) is 10.4 Å². The van der Waals surface area contributed by atoms with Crippen molar-refractivity contribution in [2.45, 2.75) is 0 Å². The molecule has 0 aliphatic rings. The van der Waals surface area contributed by atoms with E-state index < -0.39 is 10.8 Å². The van der Waals surface area contributed by atoms with Gasteiger partial charge in [-0.25, -0.2) is 0 Å². The van der Waals surface area contributed by atoms with Crippen molar-refractivity contribution in [2.75, 3.05) is 5.32 Å². The number of nitrogens with one attached hydrogen (secondary N) is 1. The summed E-state index contributed by atoms with van der Waals surface area (Å²) in [5.41, 5.74) is -0.205. The number of hydrogen-bond donors (Lipinski definition) is 2. The van der Waals surface area contributed by atoms with Crippen molar-refractivity contribution in [2.24, 2.45) is 0 Å². The summed E-state index contributed by atoms with van der Waals surface area (Å²) in [4.78, 5) is 22.4. The predicted molar refractivity (Wildman–Crippen MR) is 76.9 cm³/mol. The molecule has 0 spiro atoms. The van der Waals surface area contributed by atoms with Crippen molar-refractivity contribution in [3.63, 3.8) is 0 Å². The molecule has 0 fully saturated rings. The van der Waals surface area contributed by atoms with Gasteiger partial charge in [-0.15, -0.1) is 0 Å². The van der Waals surface area contributed by atoms with Gasteiger partial charge >= 0.3 is 0 Å². The minimum Gasteiger partial charge on any atom is -0.506 e. The van der Waals surface area contributed by atoms with E-state index in [1.165, 1.54) is 30.3 Å². The van der Waals surface area contributed by atoms with Crippen molar-refractivity contribution in [1.29, 1.82) is 0 Å². The lowest BCUT2D eigenvalue weighted by atomic mass is 10.1. The lowest BCUT2D eigenvalue weighted by Gasteiger charge is -2.07. The molecular weight excluding hydrogens is 328 g/mol. The molecule has 1 amide bonds. The third-order valence-electron chi connectivity index (χ3n) is 2.55. The van der Waals surface area contributed by atoms with Crippen molar-refractivity contribution in [3.05, 3.63) is 62.6 Å². The third kappa shape index (κ3) is 2.94. The van der Waals surface area contributed by atoms with Crippen molar-refractivity contribution < 1.29 is 14.8 Å². The number of para-hydroxylation sites is 2. The van der Waals surface area contributed by atoms with Crippen LogP contribution in [0.2, 0.25) is 0 Å². The van der Waals surface area contributed by atoms with E-state index in [0.29, 0.717) is 4.47 Å². The number of carbonyl (C=O) groups is 1. The summed E-state index contributed by atoms with van der Waals surface area (Å²) >= 11 is 3.12. The first kappa shape index (κ1) is 14.0. The molecule has 102 valence electrons. The minimum atomic E-state index is -0.661. The van der Waals surface area contributed by atoms with Crippen LogP contribution in [-0.4, -0.2) is 15.9 Å². The zero-order chi connectivity index (χ0) is 14.7. The van der Waals surface area contributed by atoms with Crippen molar-refractivity contribution >= 4 is 33.2 Å². The number of phenolic OH excluding ortho intramolecular Hbond substituents is 1. The SMILES string of the molecule is O=C(Nc1ccccc1O)c1ccc(Br)cc1[N+](=O)[O-]. The lowest BCUT2D eigenvalue weighted by molar-refractivity contribution is -0.385. The average molecular weight is 337 g/mol. The maximum Gasteiger partial charge on any atom is 0.283 e. The molecular formula is C13H9BrN2O4. The highest BCUT2D eigenvalue weighted by atomic mass is 79.9. The number of carbonyl (C=O) groups excluding carboxylic acids is 1. The zero-order valence-corrected chi connectivity index (χ0v) is 11.6. The van der Waals surface area contributed by atoms with Crippen LogP contribution in [0.15, 0.2) is 46.9 Å². The van der Waals surface area contributed by atoms with Gasteiger partial charge in [0.15, 0.2) is 0 Å². The van der Waals surface area contributed by atoms with Gasteiger partial charge in [0.05, 0.1) is 10.6 Å². The van der Waals surface area contributed by atoms with Crippen molar-refractivity contribution in [3.8, 4) is 5.75 Å². The molecule has 0 aliphatic carbocycles. The first-order chi connectivity index (χ1) is 9.49. The second-order valence-corrected chi connectivity index (χ2v) is 4.81. The van der Waals surface area contributed by atoms with Crippen molar-refractivity contribution in [1.82, 2.24) is 0 Å². The molecule has 0 aliphatic heterocycles. The molecule has 0 unspecified atom stereocenters. The number of nitrogens with zero attached hydrogens (tertiary/aromatic N) is 1. The molecule has 0 saturated carbocycles. The van der Waals surface area contributed by atoms with Gasteiger partial charge in [-0.1, -0.05) is 28.1 Å². The Morgan fingerprint density at radius 2 is 1.95 bits per heavy atom. The number of phenols is 1. The number of halogens is 1.